The zero-order valence-corrected chi connectivity index (χ0v) is 51.6. The van der Waals surface area contributed by atoms with Gasteiger partial charge in [0.25, 0.3) is 11.8 Å². The predicted octanol–water partition coefficient (Wildman–Crippen LogP) is 7.58. The van der Waals surface area contributed by atoms with Gasteiger partial charge < -0.3 is 34.5 Å². The minimum Gasteiger partial charge on any atom is -0.503 e. The maximum atomic E-state index is 12.5. The lowest BCUT2D eigenvalue weighted by Gasteiger charge is -2.17. The lowest BCUT2D eigenvalue weighted by Crippen LogP contribution is -2.35. The molecule has 0 radical (unpaired) electrons. The molecular formula is C59H81N5O14S3. The molecule has 0 aliphatic rings. The maximum absolute atomic E-state index is 12.5. The fraction of sp³-hybridized carbons (Fsp3) is 0.390. The van der Waals surface area contributed by atoms with E-state index in [1.807, 2.05) is 55.4 Å². The standard InChI is InChI=1S/C19H24N2O4S.C18H22N2O5S.C16H17NO5S.3C2H6/c1-13(2)20-19(23)18-14(3)17(22)12-15(21(18)4)10-11-26(24,25)16-8-6-5-7-9-16;1-12(2)19-18(23)16-17(22)15(21)11-13(20(16)3)9-10-26(24,25)14-7-5-4-6-8-14;1-11-14(18)10-12(17(2)15(11)16(19)20)8-9-23(21,22)13-6-4-3-5-7-13;3*1-2/h5-9,12-13H,10-11H2,1-4H3,(H,20,23);4-8,11-12,22H,9-10H2,1-3H3,(H,19,23);3-7,10H,8-9H2,1-2H3,(H,19,20);3*1-2H3. The summed E-state index contributed by atoms with van der Waals surface area (Å²) in [6, 6.07) is 27.8. The predicted molar refractivity (Wildman–Crippen MR) is 319 cm³/mol. The van der Waals surface area contributed by atoms with Crippen LogP contribution in [0.25, 0.3) is 0 Å². The molecule has 3 aromatic heterocycles. The Morgan fingerprint density at radius 3 is 1.01 bits per heavy atom. The number of pyridine rings is 3. The summed E-state index contributed by atoms with van der Waals surface area (Å²) in [7, 11) is -5.79. The first-order chi connectivity index (χ1) is 38.0. The number of aromatic carboxylic acids is 1. The summed E-state index contributed by atoms with van der Waals surface area (Å²) >= 11 is 0. The molecule has 2 amide bonds. The molecule has 22 heteroatoms. The van der Waals surface area contributed by atoms with Gasteiger partial charge in [-0.1, -0.05) is 96.1 Å². The molecule has 444 valence electrons. The van der Waals surface area contributed by atoms with Gasteiger partial charge in [-0.05, 0) is 77.9 Å². The van der Waals surface area contributed by atoms with Crippen LogP contribution >= 0.6 is 0 Å². The van der Waals surface area contributed by atoms with Crippen LogP contribution in [0.4, 0.5) is 0 Å². The third-order valence-electron chi connectivity index (χ3n) is 11.8. The van der Waals surface area contributed by atoms with Crippen LogP contribution in [0.15, 0.2) is 138 Å². The van der Waals surface area contributed by atoms with Gasteiger partial charge in [0.15, 0.2) is 51.8 Å². The van der Waals surface area contributed by atoms with Gasteiger partial charge in [-0.25, -0.2) is 30.0 Å². The second kappa shape index (κ2) is 33.4. The summed E-state index contributed by atoms with van der Waals surface area (Å²) in [5.41, 5.74) is 0.268. The van der Waals surface area contributed by atoms with E-state index in [4.69, 9.17) is 0 Å². The van der Waals surface area contributed by atoms with Crippen molar-refractivity contribution in [2.24, 2.45) is 21.1 Å². The molecule has 0 unspecified atom stereocenters. The van der Waals surface area contributed by atoms with Gasteiger partial charge in [0.05, 0.1) is 31.9 Å². The second-order valence-electron chi connectivity index (χ2n) is 18.0. The van der Waals surface area contributed by atoms with Gasteiger partial charge in [-0.3, -0.25) is 24.0 Å². The van der Waals surface area contributed by atoms with E-state index in [1.54, 1.807) is 99.1 Å². The maximum Gasteiger partial charge on any atom is 0.352 e. The number of amides is 2. The number of carbonyl (C=O) groups is 3. The van der Waals surface area contributed by atoms with Gasteiger partial charge in [0.1, 0.15) is 11.4 Å². The van der Waals surface area contributed by atoms with Crippen molar-refractivity contribution in [1.82, 2.24) is 24.3 Å². The minimum absolute atomic E-state index is 0.0329. The Labute approximate surface area is 477 Å². The number of hydrogen-bond donors (Lipinski definition) is 4. The zero-order chi connectivity index (χ0) is 62.2. The van der Waals surface area contributed by atoms with E-state index in [0.717, 1.165) is 6.07 Å². The summed E-state index contributed by atoms with van der Waals surface area (Å²) < 4.78 is 78.7. The van der Waals surface area contributed by atoms with E-state index in [2.05, 4.69) is 10.6 Å². The molecule has 0 aliphatic heterocycles. The first kappa shape index (κ1) is 71.6. The molecule has 0 saturated carbocycles. The molecule has 0 aliphatic carbocycles. The molecule has 0 saturated heterocycles. The number of aromatic hydroxyl groups is 1. The molecule has 0 bridgehead atoms. The molecular weight excluding hydrogens is 1100 g/mol. The molecule has 3 heterocycles. The summed E-state index contributed by atoms with van der Waals surface area (Å²) in [5.74, 6) is -3.37. The highest BCUT2D eigenvalue weighted by Gasteiger charge is 2.24. The zero-order valence-electron chi connectivity index (χ0n) is 49.1. The molecule has 0 atom stereocenters. The third-order valence-corrected chi connectivity index (χ3v) is 17.0. The number of carbonyl (C=O) groups excluding carboxylic acids is 2. The van der Waals surface area contributed by atoms with Crippen LogP contribution in [0.5, 0.6) is 5.75 Å². The third kappa shape index (κ3) is 20.6. The number of rotatable bonds is 17. The fourth-order valence-corrected chi connectivity index (χ4v) is 11.5. The number of benzene rings is 3. The number of carboxylic acid groups (broad SMARTS) is 1. The average Bonchev–Trinajstić information content (AvgIpc) is 3.44. The van der Waals surface area contributed by atoms with Crippen LogP contribution in [-0.2, 0) is 69.9 Å². The summed E-state index contributed by atoms with van der Waals surface area (Å²) in [4.78, 5) is 72.8. The topological polar surface area (TPSA) is 284 Å². The molecule has 0 fully saturated rings. The largest absolute Gasteiger partial charge is 0.503 e. The molecule has 19 nitrogen and oxygen atoms in total. The van der Waals surface area contributed by atoms with Crippen LogP contribution in [-0.4, -0.2) is 96.3 Å². The number of hydrogen-bond acceptors (Lipinski definition) is 13. The molecule has 4 N–H and O–H groups in total. The van der Waals surface area contributed by atoms with E-state index in [-0.39, 0.29) is 97.3 Å². The summed E-state index contributed by atoms with van der Waals surface area (Å²) in [6.45, 7) is 22.2. The highest BCUT2D eigenvalue weighted by molar-refractivity contribution is 7.92. The first-order valence-electron chi connectivity index (χ1n) is 26.5. The number of aromatic nitrogens is 3. The van der Waals surface area contributed by atoms with Crippen molar-refractivity contribution in [3.63, 3.8) is 0 Å². The quantitative estimate of drug-likeness (QED) is 0.0685. The van der Waals surface area contributed by atoms with Crippen LogP contribution in [0, 0.1) is 13.8 Å². The van der Waals surface area contributed by atoms with Crippen LogP contribution in [0.2, 0.25) is 0 Å². The second-order valence-corrected chi connectivity index (χ2v) is 24.4. The highest BCUT2D eigenvalue weighted by Crippen LogP contribution is 2.19. The molecule has 81 heavy (non-hydrogen) atoms. The Bertz CT molecular complexity index is 3420. The monoisotopic (exact) mass is 1180 g/mol. The average molecular weight is 1180 g/mol. The van der Waals surface area contributed by atoms with E-state index in [9.17, 15) is 64.2 Å². The summed E-state index contributed by atoms with van der Waals surface area (Å²) in [5, 5.41) is 24.6. The van der Waals surface area contributed by atoms with Crippen molar-refractivity contribution in [2.45, 2.75) is 129 Å². The van der Waals surface area contributed by atoms with E-state index < -0.39 is 58.0 Å². The van der Waals surface area contributed by atoms with E-state index >= 15 is 0 Å². The first-order valence-corrected chi connectivity index (χ1v) is 31.5. The number of carboxylic acids is 1. The van der Waals surface area contributed by atoms with Crippen molar-refractivity contribution >= 4 is 47.3 Å². The van der Waals surface area contributed by atoms with Gasteiger partial charge in [0.2, 0.25) is 5.43 Å². The Morgan fingerprint density at radius 2 is 0.716 bits per heavy atom. The van der Waals surface area contributed by atoms with Gasteiger partial charge in [0, 0.05) is 98.9 Å². The van der Waals surface area contributed by atoms with E-state index in [1.165, 1.54) is 66.6 Å². The van der Waals surface area contributed by atoms with Gasteiger partial charge in [-0.15, -0.1) is 0 Å². The Balaban J connectivity index is 0.000000581. The highest BCUT2D eigenvalue weighted by atomic mass is 32.2. The number of sulfone groups is 3. The molecule has 0 spiro atoms. The van der Waals surface area contributed by atoms with Crippen molar-refractivity contribution in [3.8, 4) is 5.75 Å². The number of nitrogens with zero attached hydrogens (tertiary/aromatic N) is 3. The van der Waals surface area contributed by atoms with Crippen LogP contribution < -0.4 is 26.9 Å². The summed E-state index contributed by atoms with van der Waals surface area (Å²) in [6.07, 6.45) is 0.236. The fourth-order valence-electron chi connectivity index (χ4n) is 7.69. The van der Waals surface area contributed by atoms with Crippen LogP contribution in [0.3, 0.4) is 0 Å². The lowest BCUT2D eigenvalue weighted by molar-refractivity contribution is 0.0683. The van der Waals surface area contributed by atoms with Crippen LogP contribution in [0.1, 0.15) is 129 Å². The van der Waals surface area contributed by atoms with Crippen molar-refractivity contribution in [2.75, 3.05) is 17.3 Å². The normalized spacial score (nSPS) is 10.9. The Hall–Kier alpha value is -7.43. The van der Waals surface area contributed by atoms with Gasteiger partial charge >= 0.3 is 5.97 Å². The van der Waals surface area contributed by atoms with Crippen molar-refractivity contribution in [3.05, 3.63) is 185 Å². The Kier molecular flexibility index (Phi) is 29.5. The smallest absolute Gasteiger partial charge is 0.352 e. The Morgan fingerprint density at radius 1 is 0.457 bits per heavy atom. The molecule has 3 aromatic carbocycles. The SMILES string of the molecule is CC.CC.CC.CC(C)NC(=O)c1c(O)c(=O)cc(CCS(=O)(=O)c2ccccc2)n1C.Cc1c(C(=O)NC(C)C)n(C)c(CCS(=O)(=O)c2ccccc2)cc1=O.Cc1c(C(=O)O)n(C)c(CCS(=O)(=O)c2ccccc2)cc1=O. The minimum atomic E-state index is -3.53. The molecule has 6 rings (SSSR count). The van der Waals surface area contributed by atoms with E-state index in [0.29, 0.717) is 22.6 Å². The van der Waals surface area contributed by atoms with Crippen molar-refractivity contribution in [1.29, 1.82) is 0 Å². The molecule has 6 aromatic rings. The van der Waals surface area contributed by atoms with Crippen molar-refractivity contribution < 1.29 is 49.9 Å². The lowest BCUT2D eigenvalue weighted by atomic mass is 10.1. The number of aryl methyl sites for hydroxylation is 3. The number of nitrogens with one attached hydrogen (secondary N) is 2. The van der Waals surface area contributed by atoms with Gasteiger partial charge in [-0.2, -0.15) is 0 Å².